The van der Waals surface area contributed by atoms with Crippen molar-refractivity contribution in [3.63, 3.8) is 0 Å². The van der Waals surface area contributed by atoms with E-state index in [9.17, 15) is 0 Å². The first-order chi connectivity index (χ1) is 10.8. The van der Waals surface area contributed by atoms with E-state index in [4.69, 9.17) is 15.2 Å². The van der Waals surface area contributed by atoms with Gasteiger partial charge in [0, 0.05) is 6.04 Å². The van der Waals surface area contributed by atoms with Crippen LogP contribution in [0.15, 0.2) is 48.5 Å². The first-order valence-corrected chi connectivity index (χ1v) is 7.97. The smallest absolute Gasteiger partial charge is 0.231 e. The number of benzene rings is 2. The van der Waals surface area contributed by atoms with Crippen LogP contribution in [0.5, 0.6) is 11.5 Å². The zero-order chi connectivity index (χ0) is 15.4. The summed E-state index contributed by atoms with van der Waals surface area (Å²) in [5.74, 6) is 2.04. The molecular formula is C19H23NO2. The molecule has 0 aromatic heterocycles. The molecule has 0 radical (unpaired) electrons. The highest BCUT2D eigenvalue weighted by molar-refractivity contribution is 5.45. The highest BCUT2D eigenvalue weighted by Gasteiger charge is 2.22. The topological polar surface area (TPSA) is 44.5 Å². The second-order valence-corrected chi connectivity index (χ2v) is 5.88. The summed E-state index contributed by atoms with van der Waals surface area (Å²) in [5, 5.41) is 0. The first kappa shape index (κ1) is 14.9. The van der Waals surface area contributed by atoms with E-state index in [0.29, 0.717) is 12.7 Å². The maximum Gasteiger partial charge on any atom is 0.231 e. The molecule has 116 valence electrons. The van der Waals surface area contributed by atoms with E-state index in [-0.39, 0.29) is 6.04 Å². The third kappa shape index (κ3) is 3.25. The molecule has 2 unspecified atom stereocenters. The molecule has 0 saturated heterocycles. The van der Waals surface area contributed by atoms with Crippen molar-refractivity contribution in [1.82, 2.24) is 0 Å². The van der Waals surface area contributed by atoms with E-state index in [1.165, 1.54) is 5.56 Å². The Kier molecular flexibility index (Phi) is 4.64. The Bertz CT molecular complexity index is 612. The van der Waals surface area contributed by atoms with Gasteiger partial charge in [-0.05, 0) is 42.0 Å². The van der Waals surface area contributed by atoms with Gasteiger partial charge in [0.15, 0.2) is 11.5 Å². The summed E-state index contributed by atoms with van der Waals surface area (Å²) in [6.45, 7) is 2.51. The molecule has 0 bridgehead atoms. The summed E-state index contributed by atoms with van der Waals surface area (Å²) >= 11 is 0. The zero-order valence-corrected chi connectivity index (χ0v) is 13.0. The third-order valence-corrected chi connectivity index (χ3v) is 4.29. The normalized spacial score (nSPS) is 15.5. The maximum atomic E-state index is 6.57. The van der Waals surface area contributed by atoms with Crippen molar-refractivity contribution in [3.8, 4) is 11.5 Å². The highest BCUT2D eigenvalue weighted by atomic mass is 16.7. The minimum absolute atomic E-state index is 0.00894. The highest BCUT2D eigenvalue weighted by Crippen LogP contribution is 2.36. The second-order valence-electron chi connectivity index (χ2n) is 5.88. The Morgan fingerprint density at radius 3 is 2.59 bits per heavy atom. The van der Waals surface area contributed by atoms with Gasteiger partial charge in [0.1, 0.15) is 0 Å². The summed E-state index contributed by atoms with van der Waals surface area (Å²) in [6, 6.07) is 16.6. The lowest BCUT2D eigenvalue weighted by Crippen LogP contribution is -2.23. The fourth-order valence-corrected chi connectivity index (χ4v) is 3.09. The van der Waals surface area contributed by atoms with Crippen LogP contribution >= 0.6 is 0 Å². The summed E-state index contributed by atoms with van der Waals surface area (Å²) in [5.41, 5.74) is 9.04. The first-order valence-electron chi connectivity index (χ1n) is 7.97. The van der Waals surface area contributed by atoms with Crippen molar-refractivity contribution in [2.75, 3.05) is 6.79 Å². The molecule has 0 amide bonds. The Morgan fingerprint density at radius 2 is 1.82 bits per heavy atom. The fourth-order valence-electron chi connectivity index (χ4n) is 3.09. The standard InChI is InChI=1S/C19H23NO2/c1-2-6-15(11-14-7-4-3-5-8-14)19(20)16-9-10-17-18(12-16)22-13-21-17/h3-5,7-10,12,15,19H,2,6,11,13,20H2,1H3. The number of ether oxygens (including phenoxy) is 2. The van der Waals surface area contributed by atoms with Crippen molar-refractivity contribution in [1.29, 1.82) is 0 Å². The molecule has 3 rings (SSSR count). The monoisotopic (exact) mass is 297 g/mol. The molecule has 0 saturated carbocycles. The van der Waals surface area contributed by atoms with Gasteiger partial charge in [-0.15, -0.1) is 0 Å². The van der Waals surface area contributed by atoms with E-state index < -0.39 is 0 Å². The number of nitrogens with two attached hydrogens (primary N) is 1. The summed E-state index contributed by atoms with van der Waals surface area (Å²) < 4.78 is 10.8. The van der Waals surface area contributed by atoms with Crippen molar-refractivity contribution < 1.29 is 9.47 Å². The molecular weight excluding hydrogens is 274 g/mol. The Balaban J connectivity index is 1.78. The van der Waals surface area contributed by atoms with Crippen LogP contribution in [0.25, 0.3) is 0 Å². The van der Waals surface area contributed by atoms with Gasteiger partial charge in [0.2, 0.25) is 6.79 Å². The number of fused-ring (bicyclic) bond motifs is 1. The third-order valence-electron chi connectivity index (χ3n) is 4.29. The SMILES string of the molecule is CCCC(Cc1ccccc1)C(N)c1ccc2c(c1)OCO2. The maximum absolute atomic E-state index is 6.57. The molecule has 22 heavy (non-hydrogen) atoms. The van der Waals surface area contributed by atoms with Gasteiger partial charge in [-0.1, -0.05) is 49.7 Å². The van der Waals surface area contributed by atoms with Gasteiger partial charge in [0.25, 0.3) is 0 Å². The molecule has 2 aromatic carbocycles. The predicted octanol–water partition coefficient (Wildman–Crippen LogP) is 4.07. The molecule has 3 nitrogen and oxygen atoms in total. The van der Waals surface area contributed by atoms with Crippen LogP contribution in [0.3, 0.4) is 0 Å². The largest absolute Gasteiger partial charge is 0.454 e. The average Bonchev–Trinajstić information content (AvgIpc) is 3.02. The molecule has 2 N–H and O–H groups in total. The Morgan fingerprint density at radius 1 is 1.05 bits per heavy atom. The van der Waals surface area contributed by atoms with Crippen LogP contribution < -0.4 is 15.2 Å². The lowest BCUT2D eigenvalue weighted by molar-refractivity contribution is 0.174. The predicted molar refractivity (Wildman–Crippen MR) is 88.0 cm³/mol. The van der Waals surface area contributed by atoms with E-state index in [2.05, 4.69) is 43.3 Å². The molecule has 1 aliphatic rings. The van der Waals surface area contributed by atoms with Crippen LogP contribution in [-0.2, 0) is 6.42 Å². The zero-order valence-electron chi connectivity index (χ0n) is 13.0. The van der Waals surface area contributed by atoms with Crippen molar-refractivity contribution in [2.24, 2.45) is 11.7 Å². The van der Waals surface area contributed by atoms with Crippen LogP contribution in [0, 0.1) is 5.92 Å². The Hall–Kier alpha value is -2.00. The molecule has 0 spiro atoms. The molecule has 3 heteroatoms. The summed E-state index contributed by atoms with van der Waals surface area (Å²) in [4.78, 5) is 0. The van der Waals surface area contributed by atoms with Gasteiger partial charge in [0.05, 0.1) is 0 Å². The minimum atomic E-state index is 0.00894. The lowest BCUT2D eigenvalue weighted by Gasteiger charge is -2.24. The molecule has 1 heterocycles. The summed E-state index contributed by atoms with van der Waals surface area (Å²) in [7, 11) is 0. The molecule has 2 atom stereocenters. The minimum Gasteiger partial charge on any atom is -0.454 e. The Labute approximate surface area is 132 Å². The number of hydrogen-bond donors (Lipinski definition) is 1. The van der Waals surface area contributed by atoms with Gasteiger partial charge in [-0.25, -0.2) is 0 Å². The van der Waals surface area contributed by atoms with E-state index in [1.807, 2.05) is 12.1 Å². The van der Waals surface area contributed by atoms with Crippen molar-refractivity contribution in [3.05, 3.63) is 59.7 Å². The van der Waals surface area contributed by atoms with E-state index in [1.54, 1.807) is 0 Å². The van der Waals surface area contributed by atoms with Crippen molar-refractivity contribution >= 4 is 0 Å². The number of rotatable bonds is 6. The van der Waals surface area contributed by atoms with E-state index in [0.717, 1.165) is 36.3 Å². The van der Waals surface area contributed by atoms with Crippen LogP contribution in [0.1, 0.15) is 36.9 Å². The van der Waals surface area contributed by atoms with Gasteiger partial charge < -0.3 is 15.2 Å². The molecule has 1 aliphatic heterocycles. The van der Waals surface area contributed by atoms with Crippen LogP contribution in [-0.4, -0.2) is 6.79 Å². The number of hydrogen-bond acceptors (Lipinski definition) is 3. The summed E-state index contributed by atoms with van der Waals surface area (Å²) in [6.07, 6.45) is 3.25. The quantitative estimate of drug-likeness (QED) is 0.874. The van der Waals surface area contributed by atoms with Gasteiger partial charge >= 0.3 is 0 Å². The average molecular weight is 297 g/mol. The van der Waals surface area contributed by atoms with E-state index >= 15 is 0 Å². The van der Waals surface area contributed by atoms with Crippen LogP contribution in [0.2, 0.25) is 0 Å². The second kappa shape index (κ2) is 6.84. The molecule has 2 aromatic rings. The molecule has 0 aliphatic carbocycles. The molecule has 0 fully saturated rings. The fraction of sp³-hybridized carbons (Fsp3) is 0.368. The van der Waals surface area contributed by atoms with Gasteiger partial charge in [-0.2, -0.15) is 0 Å². The van der Waals surface area contributed by atoms with Gasteiger partial charge in [-0.3, -0.25) is 0 Å². The van der Waals surface area contributed by atoms with Crippen molar-refractivity contribution in [2.45, 2.75) is 32.2 Å². The lowest BCUT2D eigenvalue weighted by atomic mass is 9.85. The van der Waals surface area contributed by atoms with Crippen LogP contribution in [0.4, 0.5) is 0 Å².